The van der Waals surface area contributed by atoms with Crippen LogP contribution in [0.15, 0.2) is 0 Å². The molecule has 48 valence electrons. The molecule has 0 radical (unpaired) electrons. The SMILES string of the molecule is CC1CC[C@@](C)(O)C1. The molecule has 1 unspecified atom stereocenters. The highest BCUT2D eigenvalue weighted by Gasteiger charge is 2.29. The van der Waals surface area contributed by atoms with E-state index in [2.05, 4.69) is 6.92 Å². The standard InChI is InChI=1S/C7H14O/c1-6-3-4-7(2,8)5-6/h6,8H,3-5H2,1-2H3/t6?,7-/m1/s1. The van der Waals surface area contributed by atoms with Crippen molar-refractivity contribution in [1.82, 2.24) is 0 Å². The van der Waals surface area contributed by atoms with Gasteiger partial charge in [0.05, 0.1) is 5.60 Å². The molecule has 1 N–H and O–H groups in total. The lowest BCUT2D eigenvalue weighted by Gasteiger charge is -2.13. The average Bonchev–Trinajstić information content (AvgIpc) is 1.82. The molecule has 0 aliphatic heterocycles. The molecule has 1 rings (SSSR count). The van der Waals surface area contributed by atoms with Crippen molar-refractivity contribution < 1.29 is 5.11 Å². The molecule has 2 atom stereocenters. The molecule has 1 saturated carbocycles. The topological polar surface area (TPSA) is 20.2 Å². The van der Waals surface area contributed by atoms with Gasteiger partial charge in [-0.3, -0.25) is 0 Å². The lowest BCUT2D eigenvalue weighted by molar-refractivity contribution is 0.0644. The zero-order chi connectivity index (χ0) is 6.20. The molecule has 1 heteroatoms. The molecule has 0 aromatic carbocycles. The molecule has 1 aliphatic carbocycles. The summed E-state index contributed by atoms with van der Waals surface area (Å²) in [6.07, 6.45) is 3.19. The molecule has 0 aromatic heterocycles. The Balaban J connectivity index is 2.44. The van der Waals surface area contributed by atoms with E-state index >= 15 is 0 Å². The highest BCUT2D eigenvalue weighted by molar-refractivity contribution is 4.82. The molecule has 1 nitrogen and oxygen atoms in total. The van der Waals surface area contributed by atoms with Crippen LogP contribution in [0.25, 0.3) is 0 Å². The third-order valence-electron chi connectivity index (χ3n) is 1.96. The summed E-state index contributed by atoms with van der Waals surface area (Å²) in [5, 5.41) is 9.36. The van der Waals surface area contributed by atoms with Crippen LogP contribution in [0.1, 0.15) is 33.1 Å². The van der Waals surface area contributed by atoms with Crippen molar-refractivity contribution in [1.29, 1.82) is 0 Å². The van der Waals surface area contributed by atoms with E-state index in [1.165, 1.54) is 6.42 Å². The van der Waals surface area contributed by atoms with Crippen molar-refractivity contribution in [3.05, 3.63) is 0 Å². The highest BCUT2D eigenvalue weighted by Crippen LogP contribution is 2.33. The van der Waals surface area contributed by atoms with E-state index in [4.69, 9.17) is 0 Å². The third-order valence-corrected chi connectivity index (χ3v) is 1.96. The Kier molecular flexibility index (Phi) is 1.31. The van der Waals surface area contributed by atoms with Crippen LogP contribution in [-0.4, -0.2) is 10.7 Å². The summed E-state index contributed by atoms with van der Waals surface area (Å²) < 4.78 is 0. The van der Waals surface area contributed by atoms with Gasteiger partial charge in [0.25, 0.3) is 0 Å². The highest BCUT2D eigenvalue weighted by atomic mass is 16.3. The molecule has 0 amide bonds. The Hall–Kier alpha value is -0.0400. The minimum atomic E-state index is -0.334. The van der Waals surface area contributed by atoms with Crippen LogP contribution in [0.3, 0.4) is 0 Å². The lowest BCUT2D eigenvalue weighted by atomic mass is 10.0. The van der Waals surface area contributed by atoms with Crippen molar-refractivity contribution in [2.45, 2.75) is 38.7 Å². The molecule has 1 aliphatic rings. The maximum atomic E-state index is 9.36. The van der Waals surface area contributed by atoms with E-state index in [0.29, 0.717) is 0 Å². The summed E-state index contributed by atoms with van der Waals surface area (Å²) in [6.45, 7) is 4.12. The van der Waals surface area contributed by atoms with E-state index in [9.17, 15) is 5.11 Å². The van der Waals surface area contributed by atoms with Crippen molar-refractivity contribution in [2.75, 3.05) is 0 Å². The predicted molar refractivity (Wildman–Crippen MR) is 33.6 cm³/mol. The first-order valence-electron chi connectivity index (χ1n) is 3.32. The average molecular weight is 114 g/mol. The van der Waals surface area contributed by atoms with Crippen molar-refractivity contribution in [2.24, 2.45) is 5.92 Å². The maximum absolute atomic E-state index is 9.36. The Morgan fingerprint density at radius 1 is 1.62 bits per heavy atom. The molecular formula is C7H14O. The fraction of sp³-hybridized carbons (Fsp3) is 1.00. The number of aliphatic hydroxyl groups is 1. The molecule has 0 saturated heterocycles. The van der Waals surface area contributed by atoms with Crippen LogP contribution >= 0.6 is 0 Å². The van der Waals surface area contributed by atoms with Gasteiger partial charge in [-0.15, -0.1) is 0 Å². The summed E-state index contributed by atoms with van der Waals surface area (Å²) in [5.41, 5.74) is -0.334. The van der Waals surface area contributed by atoms with Gasteiger partial charge in [-0.2, -0.15) is 0 Å². The second-order valence-corrected chi connectivity index (χ2v) is 3.34. The molecular weight excluding hydrogens is 100 g/mol. The Labute approximate surface area is 50.7 Å². The maximum Gasteiger partial charge on any atom is 0.0622 e. The van der Waals surface area contributed by atoms with Crippen LogP contribution < -0.4 is 0 Å². The zero-order valence-corrected chi connectivity index (χ0v) is 5.65. The number of hydrogen-bond donors (Lipinski definition) is 1. The Morgan fingerprint density at radius 2 is 2.25 bits per heavy atom. The minimum Gasteiger partial charge on any atom is -0.390 e. The summed E-state index contributed by atoms with van der Waals surface area (Å²) >= 11 is 0. The third kappa shape index (κ3) is 1.22. The Bertz CT molecular complexity index is 86.4. The molecule has 0 aromatic rings. The molecule has 0 bridgehead atoms. The van der Waals surface area contributed by atoms with Crippen LogP contribution in [0, 0.1) is 5.92 Å². The van der Waals surface area contributed by atoms with E-state index in [1.807, 2.05) is 6.92 Å². The van der Waals surface area contributed by atoms with E-state index in [1.54, 1.807) is 0 Å². The monoisotopic (exact) mass is 114 g/mol. The van der Waals surface area contributed by atoms with Gasteiger partial charge in [0, 0.05) is 0 Å². The van der Waals surface area contributed by atoms with Gasteiger partial charge < -0.3 is 5.11 Å². The van der Waals surface area contributed by atoms with Crippen LogP contribution in [0.5, 0.6) is 0 Å². The van der Waals surface area contributed by atoms with Gasteiger partial charge in [0.15, 0.2) is 0 Å². The van der Waals surface area contributed by atoms with Crippen LogP contribution in [-0.2, 0) is 0 Å². The van der Waals surface area contributed by atoms with Gasteiger partial charge >= 0.3 is 0 Å². The fourth-order valence-electron chi connectivity index (χ4n) is 1.51. The van der Waals surface area contributed by atoms with Gasteiger partial charge in [-0.25, -0.2) is 0 Å². The second-order valence-electron chi connectivity index (χ2n) is 3.34. The fourth-order valence-corrected chi connectivity index (χ4v) is 1.51. The number of hydrogen-bond acceptors (Lipinski definition) is 1. The van der Waals surface area contributed by atoms with Crippen LogP contribution in [0.4, 0.5) is 0 Å². The predicted octanol–water partition coefficient (Wildman–Crippen LogP) is 1.56. The summed E-state index contributed by atoms with van der Waals surface area (Å²) in [5.74, 6) is 0.741. The molecule has 1 fully saturated rings. The summed E-state index contributed by atoms with van der Waals surface area (Å²) in [4.78, 5) is 0. The van der Waals surface area contributed by atoms with E-state index in [0.717, 1.165) is 18.8 Å². The van der Waals surface area contributed by atoms with Crippen LogP contribution in [0.2, 0.25) is 0 Å². The number of rotatable bonds is 0. The van der Waals surface area contributed by atoms with Crippen molar-refractivity contribution in [3.8, 4) is 0 Å². The van der Waals surface area contributed by atoms with Gasteiger partial charge in [0.1, 0.15) is 0 Å². The Morgan fingerprint density at radius 3 is 2.38 bits per heavy atom. The van der Waals surface area contributed by atoms with E-state index < -0.39 is 0 Å². The second kappa shape index (κ2) is 1.73. The van der Waals surface area contributed by atoms with Crippen molar-refractivity contribution >= 4 is 0 Å². The first-order valence-corrected chi connectivity index (χ1v) is 3.32. The zero-order valence-electron chi connectivity index (χ0n) is 5.65. The quantitative estimate of drug-likeness (QED) is 0.506. The molecule has 8 heavy (non-hydrogen) atoms. The molecule has 0 heterocycles. The summed E-state index contributed by atoms with van der Waals surface area (Å²) in [6, 6.07) is 0. The van der Waals surface area contributed by atoms with Gasteiger partial charge in [0.2, 0.25) is 0 Å². The minimum absolute atomic E-state index is 0.334. The van der Waals surface area contributed by atoms with Gasteiger partial charge in [-0.05, 0) is 32.1 Å². The summed E-state index contributed by atoms with van der Waals surface area (Å²) in [7, 11) is 0. The largest absolute Gasteiger partial charge is 0.390 e. The first kappa shape index (κ1) is 6.09. The first-order chi connectivity index (χ1) is 3.60. The lowest BCUT2D eigenvalue weighted by Crippen LogP contribution is -2.18. The van der Waals surface area contributed by atoms with E-state index in [-0.39, 0.29) is 5.60 Å². The normalized spacial score (nSPS) is 47.6. The smallest absolute Gasteiger partial charge is 0.0622 e. The van der Waals surface area contributed by atoms with Gasteiger partial charge in [-0.1, -0.05) is 6.92 Å². The van der Waals surface area contributed by atoms with Crippen molar-refractivity contribution in [3.63, 3.8) is 0 Å². The molecule has 0 spiro atoms.